The third-order valence-electron chi connectivity index (χ3n) is 2.39. The summed E-state index contributed by atoms with van der Waals surface area (Å²) in [6.45, 7) is 2.31. The number of ether oxygens (including phenoxy) is 1. The van der Waals surface area contributed by atoms with Crippen LogP contribution in [0, 0.1) is 0 Å². The number of hydrogen-bond donors (Lipinski definition) is 0. The van der Waals surface area contributed by atoms with Crippen molar-refractivity contribution in [3.63, 3.8) is 0 Å². The maximum absolute atomic E-state index is 10.9. The third kappa shape index (κ3) is 4.13. The molecule has 0 amide bonds. The largest absolute Gasteiger partial charge is 0.469 e. The van der Waals surface area contributed by atoms with Gasteiger partial charge in [-0.2, -0.15) is 0 Å². The smallest absolute Gasteiger partial charge is 0.305 e. The first-order chi connectivity index (χ1) is 6.66. The van der Waals surface area contributed by atoms with Crippen LogP contribution in [0.4, 0.5) is 0 Å². The summed E-state index contributed by atoms with van der Waals surface area (Å²) in [6, 6.07) is 0. The topological polar surface area (TPSA) is 26.3 Å². The van der Waals surface area contributed by atoms with Crippen molar-refractivity contribution in [2.75, 3.05) is 18.6 Å². The molecule has 0 spiro atoms. The molecule has 82 valence electrons. The van der Waals surface area contributed by atoms with Gasteiger partial charge in [-0.1, -0.05) is 6.42 Å². The van der Waals surface area contributed by atoms with Gasteiger partial charge in [0, 0.05) is 17.9 Å². The van der Waals surface area contributed by atoms with Crippen LogP contribution < -0.4 is 0 Å². The van der Waals surface area contributed by atoms with Crippen molar-refractivity contribution >= 4 is 29.5 Å². The van der Waals surface area contributed by atoms with Gasteiger partial charge in [-0.15, -0.1) is 23.5 Å². The molecule has 1 saturated heterocycles. The maximum Gasteiger partial charge on any atom is 0.305 e. The van der Waals surface area contributed by atoms with Crippen LogP contribution in [0.5, 0.6) is 0 Å². The van der Waals surface area contributed by atoms with Gasteiger partial charge in [0.25, 0.3) is 0 Å². The lowest BCUT2D eigenvalue weighted by molar-refractivity contribution is -0.140. The van der Waals surface area contributed by atoms with Crippen LogP contribution in [-0.4, -0.2) is 28.7 Å². The van der Waals surface area contributed by atoms with E-state index in [-0.39, 0.29) is 5.97 Å². The Morgan fingerprint density at radius 1 is 1.36 bits per heavy atom. The molecule has 0 N–H and O–H groups in total. The minimum atomic E-state index is -0.0816. The molecular weight excluding hydrogens is 216 g/mol. The molecule has 0 unspecified atom stereocenters. The summed E-state index contributed by atoms with van der Waals surface area (Å²) in [4.78, 5) is 10.9. The van der Waals surface area contributed by atoms with Crippen molar-refractivity contribution in [2.24, 2.45) is 0 Å². The van der Waals surface area contributed by atoms with Crippen LogP contribution >= 0.6 is 23.5 Å². The molecule has 0 saturated carbocycles. The number of hydrogen-bond acceptors (Lipinski definition) is 4. The van der Waals surface area contributed by atoms with Crippen molar-refractivity contribution < 1.29 is 9.53 Å². The zero-order valence-electron chi connectivity index (χ0n) is 8.88. The lowest BCUT2D eigenvalue weighted by Gasteiger charge is -2.21. The molecule has 1 fully saturated rings. The monoisotopic (exact) mass is 234 g/mol. The summed E-state index contributed by atoms with van der Waals surface area (Å²) < 4.78 is 5.01. The number of carbonyl (C=O) groups is 1. The second kappa shape index (κ2) is 5.91. The van der Waals surface area contributed by atoms with Gasteiger partial charge < -0.3 is 4.74 Å². The fourth-order valence-corrected chi connectivity index (χ4v) is 4.46. The Morgan fingerprint density at radius 2 is 2.00 bits per heavy atom. The van der Waals surface area contributed by atoms with Crippen LogP contribution in [0.3, 0.4) is 0 Å². The summed E-state index contributed by atoms with van der Waals surface area (Å²) in [7, 11) is 1.45. The highest BCUT2D eigenvalue weighted by Gasteiger charge is 2.29. The van der Waals surface area contributed by atoms with Gasteiger partial charge in [-0.05, 0) is 19.8 Å². The van der Waals surface area contributed by atoms with E-state index >= 15 is 0 Å². The van der Waals surface area contributed by atoms with E-state index in [1.165, 1.54) is 25.0 Å². The Kier molecular flexibility index (Phi) is 5.17. The highest BCUT2D eigenvalue weighted by atomic mass is 32.2. The summed E-state index contributed by atoms with van der Waals surface area (Å²) >= 11 is 4.11. The number of esters is 1. The lowest BCUT2D eigenvalue weighted by Crippen LogP contribution is -2.10. The molecule has 1 aliphatic rings. The van der Waals surface area contributed by atoms with E-state index in [9.17, 15) is 4.79 Å². The van der Waals surface area contributed by atoms with Gasteiger partial charge in [0.15, 0.2) is 0 Å². The van der Waals surface area contributed by atoms with Crippen LogP contribution in [0.2, 0.25) is 0 Å². The molecule has 0 aromatic heterocycles. The van der Waals surface area contributed by atoms with Crippen LogP contribution in [-0.2, 0) is 9.53 Å². The Balaban J connectivity index is 2.06. The van der Waals surface area contributed by atoms with E-state index in [0.29, 0.717) is 10.5 Å². The first-order valence-corrected chi connectivity index (χ1v) is 6.98. The minimum Gasteiger partial charge on any atom is -0.469 e. The second-order valence-corrected chi connectivity index (χ2v) is 7.07. The molecule has 0 bridgehead atoms. The Morgan fingerprint density at radius 3 is 2.57 bits per heavy atom. The predicted molar refractivity (Wildman–Crippen MR) is 63.8 cm³/mol. The van der Waals surface area contributed by atoms with E-state index in [4.69, 9.17) is 0 Å². The molecule has 0 radical (unpaired) electrons. The van der Waals surface area contributed by atoms with Crippen molar-refractivity contribution in [3.8, 4) is 0 Å². The van der Waals surface area contributed by atoms with Crippen molar-refractivity contribution in [3.05, 3.63) is 0 Å². The van der Waals surface area contributed by atoms with Gasteiger partial charge in [-0.25, -0.2) is 0 Å². The quantitative estimate of drug-likeness (QED) is 0.540. The van der Waals surface area contributed by atoms with E-state index in [0.717, 1.165) is 12.8 Å². The second-order valence-electron chi connectivity index (χ2n) is 3.61. The van der Waals surface area contributed by atoms with Gasteiger partial charge >= 0.3 is 5.97 Å². The van der Waals surface area contributed by atoms with Crippen LogP contribution in [0.25, 0.3) is 0 Å². The van der Waals surface area contributed by atoms with Crippen molar-refractivity contribution in [1.82, 2.24) is 0 Å². The summed E-state index contributed by atoms with van der Waals surface area (Å²) in [5, 5.41) is 0. The highest BCUT2D eigenvalue weighted by molar-refractivity contribution is 8.21. The zero-order chi connectivity index (χ0) is 10.4. The fourth-order valence-electron chi connectivity index (χ4n) is 1.52. The van der Waals surface area contributed by atoms with Gasteiger partial charge in [0.2, 0.25) is 0 Å². The first kappa shape index (κ1) is 12.2. The van der Waals surface area contributed by atoms with E-state index in [2.05, 4.69) is 35.2 Å². The molecule has 0 atom stereocenters. The molecule has 1 aliphatic heterocycles. The van der Waals surface area contributed by atoms with E-state index in [1.807, 2.05) is 0 Å². The number of unbranched alkanes of at least 4 members (excludes halogenated alkanes) is 1. The molecule has 4 heteroatoms. The minimum absolute atomic E-state index is 0.0816. The first-order valence-electron chi connectivity index (χ1n) is 5.01. The molecule has 2 nitrogen and oxygen atoms in total. The number of methoxy groups -OCH3 is 1. The highest BCUT2D eigenvalue weighted by Crippen LogP contribution is 2.46. The predicted octanol–water partition coefficient (Wildman–Crippen LogP) is 2.92. The molecule has 0 aliphatic carbocycles. The number of thioether (sulfide) groups is 2. The van der Waals surface area contributed by atoms with E-state index in [1.54, 1.807) is 0 Å². The summed E-state index contributed by atoms with van der Waals surface area (Å²) in [5.74, 6) is 2.47. The summed E-state index contributed by atoms with van der Waals surface area (Å²) in [5.41, 5.74) is 0. The van der Waals surface area contributed by atoms with Crippen LogP contribution in [0.15, 0.2) is 0 Å². The van der Waals surface area contributed by atoms with Gasteiger partial charge in [0.05, 0.1) is 11.2 Å². The average molecular weight is 234 g/mol. The Hall–Kier alpha value is 0.170. The average Bonchev–Trinajstić information content (AvgIpc) is 2.60. The zero-order valence-corrected chi connectivity index (χ0v) is 10.5. The number of rotatable bonds is 5. The molecular formula is C10H18O2S2. The number of carbonyl (C=O) groups excluding carboxylic acids is 1. The Bertz CT molecular complexity index is 189. The third-order valence-corrected chi connectivity index (χ3v) is 5.80. The van der Waals surface area contributed by atoms with Gasteiger partial charge in [0.1, 0.15) is 0 Å². The van der Waals surface area contributed by atoms with E-state index < -0.39 is 0 Å². The SMILES string of the molecule is COC(=O)CCCCC1(C)SCCS1. The van der Waals surface area contributed by atoms with Gasteiger partial charge in [-0.3, -0.25) is 4.79 Å². The Labute approximate surface area is 94.5 Å². The molecule has 1 rings (SSSR count). The summed E-state index contributed by atoms with van der Waals surface area (Å²) in [6.07, 6.45) is 3.87. The lowest BCUT2D eigenvalue weighted by atomic mass is 10.1. The molecule has 14 heavy (non-hydrogen) atoms. The molecule has 0 aromatic rings. The normalized spacial score (nSPS) is 19.6. The molecule has 0 aromatic carbocycles. The fraction of sp³-hybridized carbons (Fsp3) is 0.900. The van der Waals surface area contributed by atoms with Crippen molar-refractivity contribution in [1.29, 1.82) is 0 Å². The van der Waals surface area contributed by atoms with Crippen LogP contribution in [0.1, 0.15) is 32.6 Å². The van der Waals surface area contributed by atoms with Crippen molar-refractivity contribution in [2.45, 2.75) is 36.7 Å². The maximum atomic E-state index is 10.9. The standard InChI is InChI=1S/C10H18O2S2/c1-10(13-7-8-14-10)6-4-3-5-9(11)12-2/h3-8H2,1-2H3. The molecule has 1 heterocycles.